The molecule has 0 radical (unpaired) electrons. The van der Waals surface area contributed by atoms with Crippen molar-refractivity contribution in [3.63, 3.8) is 0 Å². The average molecular weight is 265 g/mol. The summed E-state index contributed by atoms with van der Waals surface area (Å²) >= 11 is 0. The first-order valence-corrected chi connectivity index (χ1v) is 7.29. The molecule has 2 atom stereocenters. The van der Waals surface area contributed by atoms with Crippen LogP contribution in [0.5, 0.6) is 0 Å². The van der Waals surface area contributed by atoms with Crippen molar-refractivity contribution in [3.8, 4) is 0 Å². The van der Waals surface area contributed by atoms with Gasteiger partial charge in [-0.1, -0.05) is 0 Å². The molecule has 3 aliphatic rings. The number of nitrogens with zero attached hydrogens (tertiary/aromatic N) is 2. The maximum atomic E-state index is 11.6. The van der Waals surface area contributed by atoms with Gasteiger partial charge in [-0.15, -0.1) is 0 Å². The molecule has 0 aromatic rings. The van der Waals surface area contributed by atoms with Gasteiger partial charge in [0.05, 0.1) is 0 Å². The Kier molecular flexibility index (Phi) is 3.14. The van der Waals surface area contributed by atoms with Crippen LogP contribution in [0.3, 0.4) is 0 Å². The largest absolute Gasteiger partial charge is 0.316 e. The molecule has 19 heavy (non-hydrogen) atoms. The summed E-state index contributed by atoms with van der Waals surface area (Å²) in [5.74, 6) is 1.42. The van der Waals surface area contributed by atoms with E-state index in [4.69, 9.17) is 0 Å². The number of rotatable bonds is 3. The minimum absolute atomic E-state index is 0.00358. The monoisotopic (exact) mass is 265 g/mol. The number of carbonyl (C=O) groups excluding carboxylic acids is 2. The van der Waals surface area contributed by atoms with Crippen LogP contribution in [-0.2, 0) is 9.59 Å². The number of hydrogen-bond donors (Lipinski definition) is 1. The topological polar surface area (TPSA) is 52.6 Å². The van der Waals surface area contributed by atoms with Gasteiger partial charge in [0.2, 0.25) is 11.8 Å². The molecule has 2 unspecified atom stereocenters. The third-order valence-corrected chi connectivity index (χ3v) is 5.27. The number of amides is 2. The number of nitrogens with one attached hydrogen (secondary N) is 1. The van der Waals surface area contributed by atoms with Crippen LogP contribution in [0.2, 0.25) is 0 Å². The Morgan fingerprint density at radius 2 is 1.84 bits per heavy atom. The molecule has 0 saturated carbocycles. The molecular weight excluding hydrogens is 242 g/mol. The number of fused-ring (bicyclic) bond motifs is 1. The molecule has 106 valence electrons. The van der Waals surface area contributed by atoms with Gasteiger partial charge in [-0.3, -0.25) is 19.4 Å². The van der Waals surface area contributed by atoms with Gasteiger partial charge in [0.25, 0.3) is 0 Å². The third kappa shape index (κ3) is 2.09. The van der Waals surface area contributed by atoms with Crippen LogP contribution in [0.25, 0.3) is 0 Å². The van der Waals surface area contributed by atoms with Crippen LogP contribution < -0.4 is 5.32 Å². The van der Waals surface area contributed by atoms with Crippen molar-refractivity contribution in [3.05, 3.63) is 0 Å². The Morgan fingerprint density at radius 3 is 2.47 bits per heavy atom. The second-order valence-corrected chi connectivity index (χ2v) is 6.56. The Labute approximate surface area is 114 Å². The van der Waals surface area contributed by atoms with Gasteiger partial charge in [-0.2, -0.15) is 0 Å². The van der Waals surface area contributed by atoms with Gasteiger partial charge in [-0.05, 0) is 32.2 Å². The van der Waals surface area contributed by atoms with Gasteiger partial charge in [0.15, 0.2) is 0 Å². The Hall–Kier alpha value is -0.940. The van der Waals surface area contributed by atoms with Gasteiger partial charge in [0.1, 0.15) is 0 Å². The average Bonchev–Trinajstić information content (AvgIpc) is 2.98. The minimum atomic E-state index is 0.00358. The highest BCUT2D eigenvalue weighted by molar-refractivity contribution is 6.01. The van der Waals surface area contributed by atoms with Crippen molar-refractivity contribution in [2.75, 3.05) is 32.7 Å². The number of hydrogen-bond acceptors (Lipinski definition) is 4. The molecule has 3 saturated heterocycles. The highest BCUT2D eigenvalue weighted by Gasteiger charge is 2.49. The summed E-state index contributed by atoms with van der Waals surface area (Å²) in [7, 11) is 0. The van der Waals surface area contributed by atoms with Gasteiger partial charge >= 0.3 is 0 Å². The smallest absolute Gasteiger partial charge is 0.229 e. The van der Waals surface area contributed by atoms with Gasteiger partial charge in [-0.25, -0.2) is 0 Å². The SMILES string of the molecule is CC1(C)C2CNCC2CN1CCN1C(=O)CCC1=O. The minimum Gasteiger partial charge on any atom is -0.316 e. The second kappa shape index (κ2) is 4.56. The van der Waals surface area contributed by atoms with E-state index >= 15 is 0 Å². The van der Waals surface area contributed by atoms with Gasteiger partial charge in [0, 0.05) is 44.6 Å². The molecule has 0 aliphatic carbocycles. The van der Waals surface area contributed by atoms with Crippen LogP contribution in [0.15, 0.2) is 0 Å². The van der Waals surface area contributed by atoms with Crippen LogP contribution in [-0.4, -0.2) is 59.9 Å². The molecule has 1 N–H and O–H groups in total. The molecular formula is C14H23N3O2. The van der Waals surface area contributed by atoms with E-state index in [-0.39, 0.29) is 17.4 Å². The summed E-state index contributed by atoms with van der Waals surface area (Å²) in [5.41, 5.74) is 0.167. The lowest BCUT2D eigenvalue weighted by Crippen LogP contribution is -2.48. The maximum Gasteiger partial charge on any atom is 0.229 e. The highest BCUT2D eigenvalue weighted by Crippen LogP contribution is 2.40. The summed E-state index contributed by atoms with van der Waals surface area (Å²) < 4.78 is 0. The summed E-state index contributed by atoms with van der Waals surface area (Å²) in [6.45, 7) is 9.24. The lowest BCUT2D eigenvalue weighted by Gasteiger charge is -2.36. The van der Waals surface area contributed by atoms with Crippen LogP contribution >= 0.6 is 0 Å². The van der Waals surface area contributed by atoms with E-state index in [0.29, 0.717) is 25.3 Å². The Balaban J connectivity index is 1.61. The molecule has 5 nitrogen and oxygen atoms in total. The summed E-state index contributed by atoms with van der Waals surface area (Å²) in [6.07, 6.45) is 0.800. The van der Waals surface area contributed by atoms with E-state index in [1.807, 2.05) is 0 Å². The second-order valence-electron chi connectivity index (χ2n) is 6.56. The zero-order chi connectivity index (χ0) is 13.6. The van der Waals surface area contributed by atoms with Crippen LogP contribution in [0.1, 0.15) is 26.7 Å². The summed E-state index contributed by atoms with van der Waals surface area (Å²) in [4.78, 5) is 27.2. The summed E-state index contributed by atoms with van der Waals surface area (Å²) in [6, 6.07) is 0. The van der Waals surface area contributed by atoms with Crippen molar-refractivity contribution < 1.29 is 9.59 Å². The van der Waals surface area contributed by atoms with E-state index in [9.17, 15) is 9.59 Å². The standard InChI is InChI=1S/C14H23N3O2/c1-14(2)11-8-15-7-10(11)9-16(14)5-6-17-12(18)3-4-13(17)19/h10-11,15H,3-9H2,1-2H3. The molecule has 0 bridgehead atoms. The van der Waals surface area contributed by atoms with Crippen molar-refractivity contribution in [1.82, 2.24) is 15.1 Å². The quantitative estimate of drug-likeness (QED) is 0.734. The molecule has 3 rings (SSSR count). The first-order chi connectivity index (χ1) is 9.00. The first kappa shape index (κ1) is 13.1. The third-order valence-electron chi connectivity index (χ3n) is 5.27. The molecule has 2 amide bonds. The fourth-order valence-electron chi connectivity index (χ4n) is 3.98. The van der Waals surface area contributed by atoms with Crippen LogP contribution in [0.4, 0.5) is 0 Å². The molecule has 5 heteroatoms. The predicted octanol–water partition coefficient (Wildman–Crippen LogP) is 0.0652. The normalized spacial score (nSPS) is 34.3. The molecule has 0 aromatic carbocycles. The highest BCUT2D eigenvalue weighted by atomic mass is 16.2. The maximum absolute atomic E-state index is 11.6. The predicted molar refractivity (Wildman–Crippen MR) is 71.5 cm³/mol. The molecule has 3 aliphatic heterocycles. The van der Waals surface area contributed by atoms with E-state index in [1.165, 1.54) is 4.90 Å². The number of imide groups is 1. The first-order valence-electron chi connectivity index (χ1n) is 7.29. The van der Waals surface area contributed by atoms with Crippen molar-refractivity contribution >= 4 is 11.8 Å². The zero-order valence-corrected chi connectivity index (χ0v) is 11.8. The van der Waals surface area contributed by atoms with Crippen molar-refractivity contribution in [1.29, 1.82) is 0 Å². The molecule has 0 spiro atoms. The fraction of sp³-hybridized carbons (Fsp3) is 0.857. The number of carbonyl (C=O) groups is 2. The Morgan fingerprint density at radius 1 is 1.16 bits per heavy atom. The van der Waals surface area contributed by atoms with Crippen LogP contribution in [0, 0.1) is 11.8 Å². The lowest BCUT2D eigenvalue weighted by atomic mass is 9.85. The zero-order valence-electron chi connectivity index (χ0n) is 11.8. The summed E-state index contributed by atoms with van der Waals surface area (Å²) in [5, 5.41) is 3.47. The van der Waals surface area contributed by atoms with Crippen molar-refractivity contribution in [2.24, 2.45) is 11.8 Å². The van der Waals surface area contributed by atoms with Gasteiger partial charge < -0.3 is 5.32 Å². The number of likely N-dealkylation sites (tertiary alicyclic amines) is 2. The molecule has 0 aromatic heterocycles. The Bertz CT molecular complexity index is 391. The lowest BCUT2D eigenvalue weighted by molar-refractivity contribution is -0.138. The molecule has 3 fully saturated rings. The van der Waals surface area contributed by atoms with E-state index in [2.05, 4.69) is 24.1 Å². The fourth-order valence-corrected chi connectivity index (χ4v) is 3.98. The van der Waals surface area contributed by atoms with E-state index in [1.54, 1.807) is 0 Å². The van der Waals surface area contributed by atoms with Crippen molar-refractivity contribution in [2.45, 2.75) is 32.2 Å². The van der Waals surface area contributed by atoms with E-state index in [0.717, 1.165) is 32.1 Å². The molecule has 3 heterocycles. The van der Waals surface area contributed by atoms with E-state index < -0.39 is 0 Å².